The van der Waals surface area contributed by atoms with E-state index in [0.29, 0.717) is 12.2 Å². The third-order valence-electron chi connectivity index (χ3n) is 4.27. The van der Waals surface area contributed by atoms with Gasteiger partial charge in [0.1, 0.15) is 5.78 Å². The summed E-state index contributed by atoms with van der Waals surface area (Å²) < 4.78 is 0. The van der Waals surface area contributed by atoms with E-state index in [1.54, 1.807) is 0 Å². The lowest BCUT2D eigenvalue weighted by molar-refractivity contribution is -0.123. The number of halogens is 1. The van der Waals surface area contributed by atoms with Crippen LogP contribution in [0.2, 0.25) is 5.02 Å². The summed E-state index contributed by atoms with van der Waals surface area (Å²) in [5.41, 5.74) is 1.05. The number of rotatable bonds is 5. The van der Waals surface area contributed by atoms with Crippen molar-refractivity contribution < 1.29 is 4.79 Å². The lowest BCUT2D eigenvalue weighted by Gasteiger charge is -2.27. The molecule has 0 aliphatic heterocycles. The summed E-state index contributed by atoms with van der Waals surface area (Å²) in [7, 11) is 0. The summed E-state index contributed by atoms with van der Waals surface area (Å²) in [6, 6.07) is 7.67. The van der Waals surface area contributed by atoms with Crippen molar-refractivity contribution in [2.24, 2.45) is 11.8 Å². The van der Waals surface area contributed by atoms with Crippen molar-refractivity contribution in [1.29, 1.82) is 0 Å². The van der Waals surface area contributed by atoms with Gasteiger partial charge in [0.15, 0.2) is 0 Å². The maximum atomic E-state index is 12.3. The topological polar surface area (TPSA) is 17.1 Å². The fourth-order valence-electron chi connectivity index (χ4n) is 3.17. The summed E-state index contributed by atoms with van der Waals surface area (Å²) in [6.07, 6.45) is 7.79. The minimum absolute atomic E-state index is 0.284. The first-order chi connectivity index (χ1) is 9.19. The van der Waals surface area contributed by atoms with Gasteiger partial charge >= 0.3 is 0 Å². The normalized spacial score (nSPS) is 23.3. The molecule has 0 N–H and O–H groups in total. The molecule has 0 unspecified atom stereocenters. The zero-order valence-corrected chi connectivity index (χ0v) is 12.5. The Morgan fingerprint density at radius 2 is 2.00 bits per heavy atom. The molecule has 2 rings (SSSR count). The van der Waals surface area contributed by atoms with Gasteiger partial charge in [0.25, 0.3) is 0 Å². The summed E-state index contributed by atoms with van der Waals surface area (Å²) in [6.45, 7) is 2.25. The molecule has 19 heavy (non-hydrogen) atoms. The van der Waals surface area contributed by atoms with Crippen molar-refractivity contribution in [1.82, 2.24) is 0 Å². The van der Waals surface area contributed by atoms with Gasteiger partial charge in [-0.3, -0.25) is 4.79 Å². The molecule has 0 amide bonds. The minimum Gasteiger partial charge on any atom is -0.299 e. The highest BCUT2D eigenvalue weighted by Gasteiger charge is 2.25. The van der Waals surface area contributed by atoms with Crippen molar-refractivity contribution in [2.45, 2.75) is 51.9 Å². The molecule has 1 aliphatic rings. The van der Waals surface area contributed by atoms with Crippen LogP contribution in [0.3, 0.4) is 0 Å². The van der Waals surface area contributed by atoms with Crippen LogP contribution in [0.1, 0.15) is 51.0 Å². The molecule has 0 heterocycles. The number of hydrogen-bond acceptors (Lipinski definition) is 1. The molecule has 1 aliphatic carbocycles. The molecule has 1 nitrogen and oxygen atoms in total. The van der Waals surface area contributed by atoms with Crippen LogP contribution in [0.4, 0.5) is 0 Å². The van der Waals surface area contributed by atoms with E-state index in [1.807, 2.05) is 24.3 Å². The van der Waals surface area contributed by atoms with Gasteiger partial charge in [-0.1, -0.05) is 43.5 Å². The first kappa shape index (κ1) is 14.6. The van der Waals surface area contributed by atoms with Crippen LogP contribution in [0.5, 0.6) is 0 Å². The Balaban J connectivity index is 1.84. The Morgan fingerprint density at radius 1 is 1.26 bits per heavy atom. The summed E-state index contributed by atoms with van der Waals surface area (Å²) >= 11 is 5.96. The van der Waals surface area contributed by atoms with Crippen molar-refractivity contribution in [3.63, 3.8) is 0 Å². The zero-order chi connectivity index (χ0) is 13.7. The largest absolute Gasteiger partial charge is 0.299 e. The van der Waals surface area contributed by atoms with Gasteiger partial charge in [0, 0.05) is 17.4 Å². The van der Waals surface area contributed by atoms with E-state index >= 15 is 0 Å². The molecule has 0 radical (unpaired) electrons. The average Bonchev–Trinajstić information content (AvgIpc) is 2.40. The molecule has 1 aromatic carbocycles. The Hall–Kier alpha value is -0.820. The van der Waals surface area contributed by atoms with Gasteiger partial charge in [-0.05, 0) is 49.3 Å². The predicted octanol–water partition coefficient (Wildman–Crippen LogP) is 5.06. The second kappa shape index (κ2) is 7.09. The summed E-state index contributed by atoms with van der Waals surface area (Å²) in [5.74, 6) is 1.55. The molecule has 2 heteroatoms. The number of carbonyl (C=O) groups is 1. The Kier molecular flexibility index (Phi) is 5.45. The average molecular weight is 279 g/mol. The van der Waals surface area contributed by atoms with Gasteiger partial charge in [-0.2, -0.15) is 0 Å². The van der Waals surface area contributed by atoms with Gasteiger partial charge < -0.3 is 0 Å². The molecule has 0 aromatic heterocycles. The molecule has 0 saturated heterocycles. The Bertz CT molecular complexity index is 419. The predicted molar refractivity (Wildman–Crippen MR) is 80.5 cm³/mol. The van der Waals surface area contributed by atoms with E-state index in [9.17, 15) is 4.79 Å². The fourth-order valence-corrected chi connectivity index (χ4v) is 3.39. The van der Waals surface area contributed by atoms with Crippen molar-refractivity contribution in [2.75, 3.05) is 0 Å². The second-order valence-electron chi connectivity index (χ2n) is 5.78. The molecular formula is C17H23ClO. The van der Waals surface area contributed by atoms with Crippen LogP contribution in [-0.4, -0.2) is 5.78 Å². The van der Waals surface area contributed by atoms with Crippen LogP contribution >= 0.6 is 11.6 Å². The zero-order valence-electron chi connectivity index (χ0n) is 11.7. The second-order valence-corrected chi connectivity index (χ2v) is 6.22. The van der Waals surface area contributed by atoms with Crippen molar-refractivity contribution in [3.05, 3.63) is 34.9 Å². The van der Waals surface area contributed by atoms with Gasteiger partial charge in [-0.15, -0.1) is 0 Å². The highest BCUT2D eigenvalue weighted by Crippen LogP contribution is 2.32. The standard InChI is InChI=1S/C17H23ClO/c1-2-4-13-7-9-15(10-8-13)17(19)12-14-5-3-6-16(18)11-14/h3,5-6,11,13,15H,2,4,7-10,12H2,1H3. The highest BCUT2D eigenvalue weighted by atomic mass is 35.5. The minimum atomic E-state index is 0.284. The molecular weight excluding hydrogens is 256 g/mol. The molecule has 1 fully saturated rings. The first-order valence-electron chi connectivity index (χ1n) is 7.46. The third kappa shape index (κ3) is 4.35. The molecule has 1 saturated carbocycles. The van der Waals surface area contributed by atoms with Crippen LogP contribution in [0.15, 0.2) is 24.3 Å². The highest BCUT2D eigenvalue weighted by molar-refractivity contribution is 6.30. The van der Waals surface area contributed by atoms with E-state index in [4.69, 9.17) is 11.6 Å². The first-order valence-corrected chi connectivity index (χ1v) is 7.84. The molecule has 104 valence electrons. The molecule has 0 atom stereocenters. The van der Waals surface area contributed by atoms with Crippen LogP contribution in [-0.2, 0) is 11.2 Å². The Labute approximate surface area is 121 Å². The number of carbonyl (C=O) groups excluding carboxylic acids is 1. The molecule has 0 bridgehead atoms. The van der Waals surface area contributed by atoms with Gasteiger partial charge in [0.2, 0.25) is 0 Å². The van der Waals surface area contributed by atoms with E-state index in [1.165, 1.54) is 25.7 Å². The maximum Gasteiger partial charge on any atom is 0.140 e. The van der Waals surface area contributed by atoms with Gasteiger partial charge in [0.05, 0.1) is 0 Å². The van der Waals surface area contributed by atoms with Crippen molar-refractivity contribution >= 4 is 17.4 Å². The number of ketones is 1. The number of hydrogen-bond donors (Lipinski definition) is 0. The van der Waals surface area contributed by atoms with E-state index < -0.39 is 0 Å². The monoisotopic (exact) mass is 278 g/mol. The smallest absolute Gasteiger partial charge is 0.140 e. The van der Waals surface area contributed by atoms with Crippen molar-refractivity contribution in [3.8, 4) is 0 Å². The van der Waals surface area contributed by atoms with E-state index in [0.717, 1.165) is 29.3 Å². The number of Topliss-reactive ketones (excluding diaryl/α,β-unsaturated/α-hetero) is 1. The molecule has 1 aromatic rings. The fraction of sp³-hybridized carbons (Fsp3) is 0.588. The van der Waals surface area contributed by atoms with E-state index in [-0.39, 0.29) is 5.92 Å². The Morgan fingerprint density at radius 3 is 2.63 bits per heavy atom. The van der Waals surface area contributed by atoms with Crippen LogP contribution in [0.25, 0.3) is 0 Å². The molecule has 0 spiro atoms. The van der Waals surface area contributed by atoms with E-state index in [2.05, 4.69) is 6.92 Å². The summed E-state index contributed by atoms with van der Waals surface area (Å²) in [4.78, 5) is 12.3. The quantitative estimate of drug-likeness (QED) is 0.736. The number of benzene rings is 1. The SMILES string of the molecule is CCCC1CCC(C(=O)Cc2cccc(Cl)c2)CC1. The lowest BCUT2D eigenvalue weighted by Crippen LogP contribution is -2.23. The lowest BCUT2D eigenvalue weighted by atomic mass is 9.77. The van der Waals surface area contributed by atoms with Crippen LogP contribution < -0.4 is 0 Å². The van der Waals surface area contributed by atoms with Crippen LogP contribution in [0, 0.1) is 11.8 Å². The maximum absolute atomic E-state index is 12.3. The van der Waals surface area contributed by atoms with Gasteiger partial charge in [-0.25, -0.2) is 0 Å². The summed E-state index contributed by atoms with van der Waals surface area (Å²) in [5, 5.41) is 0.719. The third-order valence-corrected chi connectivity index (χ3v) is 4.50.